The first kappa shape index (κ1) is 27.8. The minimum Gasteiger partial charge on any atom is -0.478 e. The molecule has 1 aromatic carbocycles. The third-order valence-corrected chi connectivity index (χ3v) is 8.07. The molecule has 0 radical (unpaired) electrons. The van der Waals surface area contributed by atoms with Crippen LogP contribution >= 0.6 is 0 Å². The number of hydrogen-bond donors (Lipinski definition) is 3. The molecular formula is C27H31F3N2O6. The van der Waals surface area contributed by atoms with Gasteiger partial charge in [0.1, 0.15) is 0 Å². The highest BCUT2D eigenvalue weighted by molar-refractivity contribution is 5.95. The Bertz CT molecular complexity index is 1240. The number of carbonyl (C=O) groups excluding carboxylic acids is 1. The van der Waals surface area contributed by atoms with Gasteiger partial charge in [-0.1, -0.05) is 43.2 Å². The molecule has 1 unspecified atom stereocenters. The number of aromatic carboxylic acids is 1. The molecule has 1 aromatic heterocycles. The summed E-state index contributed by atoms with van der Waals surface area (Å²) >= 11 is 0. The van der Waals surface area contributed by atoms with E-state index in [0.29, 0.717) is 18.4 Å². The van der Waals surface area contributed by atoms with Gasteiger partial charge in [-0.25, -0.2) is 4.79 Å². The summed E-state index contributed by atoms with van der Waals surface area (Å²) in [7, 11) is 0. The number of aromatic nitrogens is 1. The molecule has 1 saturated carbocycles. The van der Waals surface area contributed by atoms with Gasteiger partial charge in [-0.05, 0) is 24.8 Å². The Labute approximate surface area is 217 Å². The fourth-order valence-corrected chi connectivity index (χ4v) is 6.06. The quantitative estimate of drug-likeness (QED) is 0.500. The lowest BCUT2D eigenvalue weighted by molar-refractivity contribution is -0.175. The van der Waals surface area contributed by atoms with Gasteiger partial charge in [-0.15, -0.1) is 0 Å². The zero-order valence-corrected chi connectivity index (χ0v) is 20.8. The maximum absolute atomic E-state index is 13.1. The molecule has 3 N–H and O–H groups in total. The van der Waals surface area contributed by atoms with Crippen molar-refractivity contribution in [1.29, 1.82) is 0 Å². The molecule has 2 aliphatic rings. The first-order valence-corrected chi connectivity index (χ1v) is 12.6. The second-order valence-corrected chi connectivity index (χ2v) is 10.5. The van der Waals surface area contributed by atoms with Crippen LogP contribution < -0.4 is 5.56 Å². The number of aliphatic hydroxyl groups is 2. The van der Waals surface area contributed by atoms with E-state index in [1.54, 1.807) is 30.3 Å². The van der Waals surface area contributed by atoms with Gasteiger partial charge in [-0.3, -0.25) is 9.59 Å². The minimum absolute atomic E-state index is 0.000667. The molecule has 2 aromatic rings. The maximum atomic E-state index is 13.1. The molecule has 1 aliphatic heterocycles. The molecule has 11 heteroatoms. The van der Waals surface area contributed by atoms with Gasteiger partial charge in [0.2, 0.25) is 5.91 Å². The predicted octanol–water partition coefficient (Wildman–Crippen LogP) is 3.30. The Morgan fingerprint density at radius 1 is 1.08 bits per heavy atom. The lowest BCUT2D eigenvalue weighted by Gasteiger charge is -2.52. The monoisotopic (exact) mass is 536 g/mol. The van der Waals surface area contributed by atoms with Crippen molar-refractivity contribution in [2.45, 2.75) is 56.8 Å². The van der Waals surface area contributed by atoms with Crippen LogP contribution in [0.4, 0.5) is 13.2 Å². The summed E-state index contributed by atoms with van der Waals surface area (Å²) < 4.78 is 40.0. The number of nitrogens with zero attached hydrogens (tertiary/aromatic N) is 2. The van der Waals surface area contributed by atoms with Crippen molar-refractivity contribution < 1.29 is 38.1 Å². The number of carboxylic acids is 1. The highest BCUT2D eigenvalue weighted by atomic mass is 19.4. The fraction of sp³-hybridized carbons (Fsp3) is 0.519. The van der Waals surface area contributed by atoms with E-state index < -0.39 is 53.6 Å². The van der Waals surface area contributed by atoms with E-state index in [-0.39, 0.29) is 37.2 Å². The molecule has 0 bridgehead atoms. The predicted molar refractivity (Wildman–Crippen MR) is 131 cm³/mol. The number of halogens is 3. The zero-order valence-electron chi connectivity index (χ0n) is 20.8. The number of likely N-dealkylation sites (tertiary alicyclic amines) is 1. The van der Waals surface area contributed by atoms with E-state index in [4.69, 9.17) is 0 Å². The van der Waals surface area contributed by atoms with Crippen molar-refractivity contribution in [2.75, 3.05) is 19.7 Å². The number of amides is 1. The summed E-state index contributed by atoms with van der Waals surface area (Å²) in [5.74, 6) is -3.66. The number of carboxylic acid groups (broad SMARTS) is 1. The summed E-state index contributed by atoms with van der Waals surface area (Å²) in [5.41, 5.74) is -2.16. The third-order valence-electron chi connectivity index (χ3n) is 8.07. The molecule has 2 fully saturated rings. The number of rotatable bonds is 7. The number of hydrogen-bond acceptors (Lipinski definition) is 5. The van der Waals surface area contributed by atoms with Gasteiger partial charge in [0.25, 0.3) is 5.56 Å². The van der Waals surface area contributed by atoms with E-state index in [9.17, 15) is 42.9 Å². The molecule has 4 rings (SSSR count). The van der Waals surface area contributed by atoms with Crippen molar-refractivity contribution in [1.82, 2.24) is 9.47 Å². The molecule has 2 heterocycles. The Morgan fingerprint density at radius 3 is 2.32 bits per heavy atom. The Morgan fingerprint density at radius 2 is 1.74 bits per heavy atom. The largest absolute Gasteiger partial charge is 0.478 e. The van der Waals surface area contributed by atoms with Crippen molar-refractivity contribution in [2.24, 2.45) is 11.3 Å². The van der Waals surface area contributed by atoms with Crippen LogP contribution in [0.5, 0.6) is 0 Å². The summed E-state index contributed by atoms with van der Waals surface area (Å²) in [6, 6.07) is 9.83. The number of piperidine rings is 1. The highest BCUT2D eigenvalue weighted by Crippen LogP contribution is 2.52. The molecule has 1 amide bonds. The van der Waals surface area contributed by atoms with Crippen molar-refractivity contribution in [3.05, 3.63) is 58.5 Å². The maximum Gasteiger partial charge on any atom is 0.389 e. The van der Waals surface area contributed by atoms with Gasteiger partial charge in [-0.2, -0.15) is 13.2 Å². The summed E-state index contributed by atoms with van der Waals surface area (Å²) in [6.07, 6.45) is -2.36. The standard InChI is InChI=1S/C27H31F3N2O6/c28-27(29,30)13-19(15-33)23(35)31-11-10-26(38,25(16-31)8-4-5-9-25)17-32-14-21(24(36)37)20(12-22(32)34)18-6-2-1-3-7-18/h1-3,6-7,12,14,19,33,38H,4-5,8-11,13,15-17H2,(H,36,37)/t19?,26-/m1/s1. The van der Waals surface area contributed by atoms with Crippen molar-refractivity contribution in [3.8, 4) is 11.1 Å². The van der Waals surface area contributed by atoms with Gasteiger partial charge in [0.15, 0.2) is 0 Å². The van der Waals surface area contributed by atoms with Crippen LogP contribution in [0.1, 0.15) is 48.9 Å². The Hall–Kier alpha value is -3.18. The lowest BCUT2D eigenvalue weighted by Crippen LogP contribution is -2.62. The first-order chi connectivity index (χ1) is 17.9. The van der Waals surface area contributed by atoms with Gasteiger partial charge in [0, 0.05) is 36.3 Å². The van der Waals surface area contributed by atoms with E-state index >= 15 is 0 Å². The topological polar surface area (TPSA) is 120 Å². The van der Waals surface area contributed by atoms with E-state index in [2.05, 4.69) is 0 Å². The molecule has 8 nitrogen and oxygen atoms in total. The van der Waals surface area contributed by atoms with Crippen molar-refractivity contribution >= 4 is 11.9 Å². The number of aliphatic hydroxyl groups excluding tert-OH is 1. The van der Waals surface area contributed by atoms with Crippen LogP contribution in [0.3, 0.4) is 0 Å². The molecular weight excluding hydrogens is 505 g/mol. The minimum atomic E-state index is -4.61. The van der Waals surface area contributed by atoms with Crippen LogP contribution in [0.25, 0.3) is 11.1 Å². The SMILES string of the molecule is O=C(O)c1cn(C[C@]2(O)CCN(C(=O)C(CO)CC(F)(F)F)CC23CCCC3)c(=O)cc1-c1ccccc1. The Kier molecular flexibility index (Phi) is 7.72. The number of pyridine rings is 1. The number of benzene rings is 1. The zero-order chi connectivity index (χ0) is 27.7. The fourth-order valence-electron chi connectivity index (χ4n) is 6.06. The van der Waals surface area contributed by atoms with Gasteiger partial charge < -0.3 is 24.8 Å². The molecule has 38 heavy (non-hydrogen) atoms. The Balaban J connectivity index is 1.64. The van der Waals surface area contributed by atoms with Crippen LogP contribution in [0.2, 0.25) is 0 Å². The molecule has 1 saturated heterocycles. The second kappa shape index (κ2) is 10.5. The third kappa shape index (κ3) is 5.49. The first-order valence-electron chi connectivity index (χ1n) is 12.6. The number of alkyl halides is 3. The van der Waals surface area contributed by atoms with Crippen LogP contribution in [-0.4, -0.2) is 68.1 Å². The number of carbonyl (C=O) groups is 2. The molecule has 2 atom stereocenters. The van der Waals surface area contributed by atoms with E-state index in [0.717, 1.165) is 12.8 Å². The summed E-state index contributed by atoms with van der Waals surface area (Å²) in [6.45, 7) is -1.20. The van der Waals surface area contributed by atoms with Crippen LogP contribution in [0, 0.1) is 11.3 Å². The normalized spacial score (nSPS) is 22.0. The van der Waals surface area contributed by atoms with Gasteiger partial charge >= 0.3 is 12.1 Å². The van der Waals surface area contributed by atoms with E-state index in [1.165, 1.54) is 21.7 Å². The highest BCUT2D eigenvalue weighted by Gasteiger charge is 2.56. The average Bonchev–Trinajstić information content (AvgIpc) is 3.35. The van der Waals surface area contributed by atoms with Crippen LogP contribution in [-0.2, 0) is 11.3 Å². The van der Waals surface area contributed by atoms with Crippen molar-refractivity contribution in [3.63, 3.8) is 0 Å². The van der Waals surface area contributed by atoms with Crippen LogP contribution in [0.15, 0.2) is 47.4 Å². The molecule has 1 spiro atoms. The average molecular weight is 537 g/mol. The lowest BCUT2D eigenvalue weighted by atomic mass is 9.65. The molecule has 1 aliphatic carbocycles. The summed E-state index contributed by atoms with van der Waals surface area (Å²) in [5, 5.41) is 31.2. The second-order valence-electron chi connectivity index (χ2n) is 10.5. The van der Waals surface area contributed by atoms with Gasteiger partial charge in [0.05, 0.1) is 36.7 Å². The summed E-state index contributed by atoms with van der Waals surface area (Å²) in [4.78, 5) is 39.4. The smallest absolute Gasteiger partial charge is 0.389 e. The molecule has 206 valence electrons. The van der Waals surface area contributed by atoms with E-state index in [1.807, 2.05) is 0 Å².